The van der Waals surface area contributed by atoms with Gasteiger partial charge in [0.05, 0.1) is 33.8 Å². The molecule has 16 atom stereocenters. The lowest BCUT2D eigenvalue weighted by Gasteiger charge is -2.44. The van der Waals surface area contributed by atoms with Gasteiger partial charge in [-0.1, -0.05) is 62.0 Å². The number of carbonyl (C=O) groups is 19. The zero-order chi connectivity index (χ0) is 108. The number of ether oxygens (including phenoxy) is 19. The van der Waals surface area contributed by atoms with E-state index in [4.69, 9.17) is 90.0 Å². The Kier molecular flexibility index (Phi) is 55.6. The maximum Gasteiger partial charge on any atom is 0.306 e. The van der Waals surface area contributed by atoms with Gasteiger partial charge in [0.25, 0.3) is 0 Å². The van der Waals surface area contributed by atoms with Crippen molar-refractivity contribution in [1.82, 2.24) is 41.7 Å². The molecule has 3 saturated heterocycles. The van der Waals surface area contributed by atoms with Gasteiger partial charge in [-0.2, -0.15) is 0 Å². The lowest BCUT2D eigenvalue weighted by Crippen LogP contribution is -2.66. The summed E-state index contributed by atoms with van der Waals surface area (Å²) >= 11 is 0. The van der Waals surface area contributed by atoms with E-state index >= 15 is 0 Å². The second-order valence-electron chi connectivity index (χ2n) is 34.9. The summed E-state index contributed by atoms with van der Waals surface area (Å²) in [6.07, 6.45) is -16.4. The normalized spacial score (nSPS) is 20.5. The standard InChI is InChI=1S/C100H142N8O38.CH4/c1-60(109)104-88-94(140-69(10)118)91(137-66(7)115)79(57-133-63(4)112)144-97(88)130-52-24-20-32-75(121)31-19-23-48-107(85(125)34-22-26-54-132-99-90(106-62(3)111)96(142-71(12)120)93(139-68(9)117)81(146-99)59-135-65(6)114)50-28-51-108(49-27-47-102-83(123)33-21-25-53-131-98-89(105-61(2)110)95(141-70(11)119)92(138-67(8)116)80(145-98)58-134-64(5)113)86(126)45-43-84(124)103-55-78(143-87(127)46-44-82(122)101-13)56-136-100(72-29-17-16-18-30-72,73-35-39-76(128-14)40-36-73)74-37-41-77(129-15)42-38-74;/h16-18,29-30,35-42,78-81,88-99H,19-28,31-34,43-59H2,1-15H3,(H,101,122)(H,102,123)(H,103,124)(H,104,109)(H,105,110)(H,106,111);1H4/t78?,79?,80?,81?,88?,89?,90?,91-,92-,93-,94+,95+,96+,97+,98+,99+;/m0./s1. The number of nitrogens with zero attached hydrogens (tertiary/aromatic N) is 2. The van der Waals surface area contributed by atoms with E-state index in [2.05, 4.69) is 31.9 Å². The summed E-state index contributed by atoms with van der Waals surface area (Å²) in [5.74, 6) is -11.0. The van der Waals surface area contributed by atoms with Crippen LogP contribution in [0.5, 0.6) is 11.5 Å². The number of unbranched alkanes of at least 4 members (excludes halogenated alkanes) is 4. The first-order chi connectivity index (χ1) is 69.5. The molecule has 6 N–H and O–H groups in total. The molecule has 46 heteroatoms. The lowest BCUT2D eigenvalue weighted by atomic mass is 9.80. The number of Topliss-reactive ketones (excluding diaryl/α,β-unsaturated/α-hetero) is 1. The van der Waals surface area contributed by atoms with Crippen LogP contribution in [-0.2, 0) is 177 Å². The van der Waals surface area contributed by atoms with Gasteiger partial charge in [0.1, 0.15) is 85.2 Å². The highest BCUT2D eigenvalue weighted by atomic mass is 16.7. The highest BCUT2D eigenvalue weighted by Crippen LogP contribution is 2.43. The van der Waals surface area contributed by atoms with Crippen LogP contribution in [0.15, 0.2) is 78.9 Å². The molecule has 0 radical (unpaired) electrons. The van der Waals surface area contributed by atoms with E-state index in [1.165, 1.54) is 46.9 Å². The molecule has 3 fully saturated rings. The number of esters is 10. The number of amides is 8. The molecule has 6 rings (SSSR count). The average Bonchev–Trinajstić information content (AvgIpc) is 0.749. The molecule has 7 unspecified atom stereocenters. The van der Waals surface area contributed by atoms with Crippen molar-refractivity contribution in [3.05, 3.63) is 95.6 Å². The fourth-order valence-electron chi connectivity index (χ4n) is 16.5. The topological polar surface area (TPSA) is 578 Å². The van der Waals surface area contributed by atoms with Crippen LogP contribution in [0, 0.1) is 0 Å². The van der Waals surface area contributed by atoms with Crippen LogP contribution in [0.3, 0.4) is 0 Å². The summed E-state index contributed by atoms with van der Waals surface area (Å²) in [5, 5.41) is 16.1. The van der Waals surface area contributed by atoms with Crippen LogP contribution in [-0.4, -0.2) is 327 Å². The molecular formula is C101H146N8O38. The first-order valence-corrected chi connectivity index (χ1v) is 48.6. The summed E-state index contributed by atoms with van der Waals surface area (Å²) in [6.45, 7) is 11.3. The Morgan fingerprint density at radius 2 is 0.707 bits per heavy atom. The van der Waals surface area contributed by atoms with E-state index < -0.39 is 231 Å². The fraction of sp³-hybridized carbons (Fsp3) is 0.634. The Morgan fingerprint density at radius 3 is 1.09 bits per heavy atom. The molecule has 0 bridgehead atoms. The van der Waals surface area contributed by atoms with Crippen LogP contribution in [0.4, 0.5) is 0 Å². The first kappa shape index (κ1) is 125. The number of hydrogen-bond donors (Lipinski definition) is 6. The lowest BCUT2D eigenvalue weighted by molar-refractivity contribution is -0.277. The largest absolute Gasteiger partial charge is 0.497 e. The van der Waals surface area contributed by atoms with Gasteiger partial charge < -0.3 is 132 Å². The maximum absolute atomic E-state index is 14.9. The third-order valence-electron chi connectivity index (χ3n) is 23.0. The minimum absolute atomic E-state index is 0. The van der Waals surface area contributed by atoms with Crippen molar-refractivity contribution in [3.63, 3.8) is 0 Å². The van der Waals surface area contributed by atoms with Crippen molar-refractivity contribution in [2.24, 2.45) is 0 Å². The van der Waals surface area contributed by atoms with E-state index in [-0.39, 0.29) is 175 Å². The van der Waals surface area contributed by atoms with Crippen LogP contribution < -0.4 is 41.4 Å². The minimum atomic E-state index is -1.43. The zero-order valence-corrected chi connectivity index (χ0v) is 85.6. The predicted molar refractivity (Wildman–Crippen MR) is 516 cm³/mol. The molecule has 46 nitrogen and oxygen atoms in total. The summed E-state index contributed by atoms with van der Waals surface area (Å²) in [4.78, 5) is 249. The maximum atomic E-state index is 14.9. The van der Waals surface area contributed by atoms with Gasteiger partial charge in [0.2, 0.25) is 47.3 Å². The number of carbonyl (C=O) groups excluding carboxylic acids is 19. The van der Waals surface area contributed by atoms with Crippen molar-refractivity contribution in [2.45, 2.75) is 310 Å². The first-order valence-electron chi connectivity index (χ1n) is 48.6. The summed E-state index contributed by atoms with van der Waals surface area (Å²) < 4.78 is 110. The summed E-state index contributed by atoms with van der Waals surface area (Å²) in [7, 11) is 4.47. The van der Waals surface area contributed by atoms with Gasteiger partial charge >= 0.3 is 59.7 Å². The van der Waals surface area contributed by atoms with E-state index in [1.807, 2.05) is 54.6 Å². The average molecular weight is 2080 g/mol. The van der Waals surface area contributed by atoms with Crippen LogP contribution in [0.1, 0.15) is 223 Å². The predicted octanol–water partition coefficient (Wildman–Crippen LogP) is 4.80. The molecule has 147 heavy (non-hydrogen) atoms. The van der Waals surface area contributed by atoms with E-state index in [1.54, 1.807) is 29.2 Å². The fourth-order valence-corrected chi connectivity index (χ4v) is 16.5. The highest BCUT2D eigenvalue weighted by Gasteiger charge is 2.55. The molecule has 818 valence electrons. The number of benzene rings is 3. The second kappa shape index (κ2) is 65.7. The van der Waals surface area contributed by atoms with Gasteiger partial charge in [-0.05, 0) is 105 Å². The van der Waals surface area contributed by atoms with Crippen molar-refractivity contribution in [2.75, 3.05) is 107 Å². The number of methoxy groups -OCH3 is 2. The van der Waals surface area contributed by atoms with Crippen LogP contribution >= 0.6 is 0 Å². The molecule has 3 aromatic carbocycles. The quantitative estimate of drug-likeness (QED) is 0.0191. The molecule has 8 amide bonds. The van der Waals surface area contributed by atoms with Crippen molar-refractivity contribution >= 4 is 113 Å². The minimum Gasteiger partial charge on any atom is -0.497 e. The monoisotopic (exact) mass is 2080 g/mol. The molecule has 3 heterocycles. The Morgan fingerprint density at radius 1 is 0.361 bits per heavy atom. The Bertz CT molecular complexity index is 4730. The molecule has 3 aromatic rings. The van der Waals surface area contributed by atoms with Crippen molar-refractivity contribution < 1.29 is 181 Å². The second-order valence-corrected chi connectivity index (χ2v) is 34.9. The molecule has 0 aromatic heterocycles. The van der Waals surface area contributed by atoms with E-state index in [0.717, 1.165) is 62.3 Å². The van der Waals surface area contributed by atoms with Crippen LogP contribution in [0.2, 0.25) is 0 Å². The van der Waals surface area contributed by atoms with Crippen molar-refractivity contribution in [3.8, 4) is 11.5 Å². The molecule has 0 saturated carbocycles. The molecule has 3 aliphatic rings. The van der Waals surface area contributed by atoms with E-state index in [9.17, 15) is 91.1 Å². The van der Waals surface area contributed by atoms with E-state index in [0.29, 0.717) is 47.5 Å². The summed E-state index contributed by atoms with van der Waals surface area (Å²) in [6, 6.07) is 19.8. The Balaban J connectivity index is 0.0000380. The number of hydrogen-bond acceptors (Lipinski definition) is 38. The van der Waals surface area contributed by atoms with Crippen molar-refractivity contribution in [1.29, 1.82) is 0 Å². The Labute approximate surface area is 855 Å². The molecule has 3 aliphatic heterocycles. The van der Waals surface area contributed by atoms with Gasteiger partial charge in [0, 0.05) is 188 Å². The van der Waals surface area contributed by atoms with Gasteiger partial charge in [-0.15, -0.1) is 0 Å². The third kappa shape index (κ3) is 44.4. The smallest absolute Gasteiger partial charge is 0.306 e. The number of nitrogens with one attached hydrogen (secondary N) is 6. The van der Waals surface area contributed by atoms with Gasteiger partial charge in [-0.25, -0.2) is 0 Å². The highest BCUT2D eigenvalue weighted by molar-refractivity contribution is 5.85. The van der Waals surface area contributed by atoms with Crippen LogP contribution in [0.25, 0.3) is 0 Å². The zero-order valence-electron chi connectivity index (χ0n) is 85.6. The molecule has 0 spiro atoms. The Hall–Kier alpha value is -12.9. The molecular weight excluding hydrogens is 1930 g/mol. The molecule has 0 aliphatic carbocycles. The summed E-state index contributed by atoms with van der Waals surface area (Å²) in [5.41, 5.74) is 0.494. The third-order valence-corrected chi connectivity index (χ3v) is 23.0. The number of rotatable bonds is 63. The SMILES string of the molecule is C.CNC(=O)CCC(=O)OC(CNC(=O)CCC(=O)N(CCCNC(=O)CCCCO[C@@H]1OC(COC(C)=O)[C@H](OC(C)=O)[C@H](OC(C)=O)C1NC(C)=O)CCCN(CCCCC(=O)CCCCO[C@@H]1OC(COC(C)=O)[C@H](OC(C)=O)[C@H](OC(C)=O)C1NC(C)=O)C(=O)CCCCO[C@@H]1OC(COC(C)=O)[C@H](OC(C)=O)[C@H](OC(C)=O)C1NC(C)=O)COC(c1ccccc1)(c1ccc(OC)cc1)c1ccc(OC)cc1. The number of ketones is 1. The van der Waals surface area contributed by atoms with Gasteiger partial charge in [0.15, 0.2) is 55.5 Å². The van der Waals surface area contributed by atoms with Gasteiger partial charge in [-0.3, -0.25) is 91.1 Å².